The monoisotopic (exact) mass is 344 g/mol. The standard InChI is InChI=1S/C21H32N2O2/c1-20(2,3)25-19(24)16-4-5-18(17(22)9-16)23-21-10-13-6-14(11-21)8-15(7-13)12-21/h4-5,9,13-15,19,23-24H,6-8,10-12,22H2,1-3H3. The molecule has 4 nitrogen and oxygen atoms in total. The molecule has 0 radical (unpaired) electrons. The van der Waals surface area contributed by atoms with Crippen LogP contribution in [0.3, 0.4) is 0 Å². The van der Waals surface area contributed by atoms with Gasteiger partial charge in [-0.1, -0.05) is 6.07 Å². The predicted octanol–water partition coefficient (Wildman–Crippen LogP) is 4.46. The van der Waals surface area contributed by atoms with Crippen LogP contribution in [0.5, 0.6) is 0 Å². The first-order valence-corrected chi connectivity index (χ1v) is 9.75. The molecule has 1 atom stereocenters. The minimum absolute atomic E-state index is 0.241. The highest BCUT2D eigenvalue weighted by Crippen LogP contribution is 2.56. The molecule has 4 aliphatic rings. The Kier molecular flexibility index (Phi) is 4.04. The summed E-state index contributed by atoms with van der Waals surface area (Å²) < 4.78 is 5.63. The quantitative estimate of drug-likeness (QED) is 0.557. The molecule has 0 aromatic heterocycles. The Labute approximate surface area is 151 Å². The number of aliphatic hydroxyl groups is 1. The molecule has 4 N–H and O–H groups in total. The van der Waals surface area contributed by atoms with Crippen LogP contribution in [0.25, 0.3) is 0 Å². The number of hydrogen-bond donors (Lipinski definition) is 3. The molecule has 4 aliphatic carbocycles. The van der Waals surface area contributed by atoms with Gasteiger partial charge in [0.1, 0.15) is 0 Å². The number of aliphatic hydroxyl groups excluding tert-OH is 1. The van der Waals surface area contributed by atoms with Gasteiger partial charge in [-0.15, -0.1) is 0 Å². The molecule has 4 heteroatoms. The van der Waals surface area contributed by atoms with E-state index in [2.05, 4.69) is 5.32 Å². The average Bonchev–Trinajstić information content (AvgIpc) is 2.46. The van der Waals surface area contributed by atoms with E-state index in [0.29, 0.717) is 11.3 Å². The maximum Gasteiger partial charge on any atom is 0.181 e. The van der Waals surface area contributed by atoms with E-state index in [-0.39, 0.29) is 5.54 Å². The van der Waals surface area contributed by atoms with Crippen molar-refractivity contribution in [3.63, 3.8) is 0 Å². The van der Waals surface area contributed by atoms with Crippen LogP contribution in [0.2, 0.25) is 0 Å². The Hall–Kier alpha value is -1.26. The summed E-state index contributed by atoms with van der Waals surface area (Å²) >= 11 is 0. The second-order valence-electron chi connectivity index (χ2n) is 9.75. The van der Waals surface area contributed by atoms with Crippen molar-refractivity contribution in [3.05, 3.63) is 23.8 Å². The van der Waals surface area contributed by atoms with Crippen LogP contribution in [0, 0.1) is 17.8 Å². The molecule has 138 valence electrons. The third-order valence-electron chi connectivity index (χ3n) is 6.26. The van der Waals surface area contributed by atoms with Crippen molar-refractivity contribution >= 4 is 11.4 Å². The molecular formula is C21H32N2O2. The number of hydrogen-bond acceptors (Lipinski definition) is 4. The fourth-order valence-corrected chi connectivity index (χ4v) is 5.80. The number of ether oxygens (including phenoxy) is 1. The summed E-state index contributed by atoms with van der Waals surface area (Å²) in [4.78, 5) is 0. The Morgan fingerprint density at radius 1 is 1.12 bits per heavy atom. The Morgan fingerprint density at radius 3 is 2.16 bits per heavy atom. The van der Waals surface area contributed by atoms with Gasteiger partial charge in [-0.3, -0.25) is 0 Å². The van der Waals surface area contributed by atoms with E-state index >= 15 is 0 Å². The van der Waals surface area contributed by atoms with Gasteiger partial charge in [0.05, 0.1) is 17.0 Å². The lowest BCUT2D eigenvalue weighted by Gasteiger charge is -2.57. The number of nitrogens with one attached hydrogen (secondary N) is 1. The summed E-state index contributed by atoms with van der Waals surface area (Å²) in [5.74, 6) is 2.71. The highest BCUT2D eigenvalue weighted by Gasteiger charge is 2.51. The van der Waals surface area contributed by atoms with Crippen molar-refractivity contribution in [1.29, 1.82) is 0 Å². The molecule has 0 spiro atoms. The van der Waals surface area contributed by atoms with E-state index in [9.17, 15) is 5.11 Å². The molecule has 25 heavy (non-hydrogen) atoms. The van der Waals surface area contributed by atoms with Crippen molar-refractivity contribution in [1.82, 2.24) is 0 Å². The average molecular weight is 344 g/mol. The van der Waals surface area contributed by atoms with Gasteiger partial charge < -0.3 is 20.9 Å². The van der Waals surface area contributed by atoms with Crippen LogP contribution in [-0.2, 0) is 4.74 Å². The van der Waals surface area contributed by atoms with E-state index in [1.807, 2.05) is 39.0 Å². The zero-order valence-corrected chi connectivity index (χ0v) is 15.7. The van der Waals surface area contributed by atoms with Crippen molar-refractivity contribution in [2.24, 2.45) is 17.8 Å². The normalized spacial score (nSPS) is 35.0. The van der Waals surface area contributed by atoms with Crippen molar-refractivity contribution < 1.29 is 9.84 Å². The molecule has 1 unspecified atom stereocenters. The minimum atomic E-state index is -0.948. The lowest BCUT2D eigenvalue weighted by molar-refractivity contribution is -0.169. The third-order valence-corrected chi connectivity index (χ3v) is 6.26. The van der Waals surface area contributed by atoms with E-state index in [1.54, 1.807) is 0 Å². The number of benzene rings is 1. The first-order valence-electron chi connectivity index (χ1n) is 9.75. The zero-order chi connectivity index (χ0) is 17.8. The van der Waals surface area contributed by atoms with Gasteiger partial charge in [-0.05, 0) is 89.2 Å². The predicted molar refractivity (Wildman–Crippen MR) is 101 cm³/mol. The molecule has 4 saturated carbocycles. The highest BCUT2D eigenvalue weighted by atomic mass is 16.6. The van der Waals surface area contributed by atoms with Crippen LogP contribution in [0.15, 0.2) is 18.2 Å². The van der Waals surface area contributed by atoms with Gasteiger partial charge in [0.2, 0.25) is 0 Å². The Balaban J connectivity index is 1.50. The van der Waals surface area contributed by atoms with Gasteiger partial charge in [0, 0.05) is 11.1 Å². The SMILES string of the molecule is CC(C)(C)OC(O)c1ccc(NC23CC4CC(CC(C4)C2)C3)c(N)c1. The molecule has 0 heterocycles. The molecular weight excluding hydrogens is 312 g/mol. The van der Waals surface area contributed by atoms with E-state index < -0.39 is 11.9 Å². The lowest BCUT2D eigenvalue weighted by Crippen LogP contribution is -2.54. The summed E-state index contributed by atoms with van der Waals surface area (Å²) in [6.07, 6.45) is 7.22. The first-order chi connectivity index (χ1) is 11.7. The van der Waals surface area contributed by atoms with Gasteiger partial charge in [-0.25, -0.2) is 0 Å². The van der Waals surface area contributed by atoms with Crippen LogP contribution in [-0.4, -0.2) is 16.2 Å². The number of nitrogens with two attached hydrogens (primary N) is 1. The van der Waals surface area contributed by atoms with E-state index in [0.717, 1.165) is 23.4 Å². The zero-order valence-electron chi connectivity index (χ0n) is 15.7. The largest absolute Gasteiger partial charge is 0.397 e. The topological polar surface area (TPSA) is 67.5 Å². The van der Waals surface area contributed by atoms with Gasteiger partial charge in [0.15, 0.2) is 6.29 Å². The maximum atomic E-state index is 10.3. The molecule has 5 rings (SSSR count). The molecule has 0 saturated heterocycles. The maximum absolute atomic E-state index is 10.3. The lowest BCUT2D eigenvalue weighted by atomic mass is 9.53. The molecule has 1 aromatic rings. The van der Waals surface area contributed by atoms with Gasteiger partial charge >= 0.3 is 0 Å². The summed E-state index contributed by atoms with van der Waals surface area (Å²) in [6.45, 7) is 5.80. The van der Waals surface area contributed by atoms with Crippen LogP contribution < -0.4 is 11.1 Å². The number of rotatable bonds is 4. The highest BCUT2D eigenvalue weighted by molar-refractivity contribution is 5.68. The van der Waals surface area contributed by atoms with Crippen molar-refractivity contribution in [3.8, 4) is 0 Å². The molecule has 0 amide bonds. The molecule has 4 bridgehead atoms. The third kappa shape index (κ3) is 3.52. The summed E-state index contributed by atoms with van der Waals surface area (Å²) in [7, 11) is 0. The Morgan fingerprint density at radius 2 is 1.68 bits per heavy atom. The molecule has 4 fully saturated rings. The molecule has 0 aliphatic heterocycles. The first kappa shape index (κ1) is 17.2. The van der Waals surface area contributed by atoms with Crippen LogP contribution in [0.4, 0.5) is 11.4 Å². The van der Waals surface area contributed by atoms with Crippen molar-refractivity contribution in [2.75, 3.05) is 11.1 Å². The summed E-state index contributed by atoms with van der Waals surface area (Å²) in [5.41, 5.74) is 8.58. The molecule has 1 aromatic carbocycles. The smallest absolute Gasteiger partial charge is 0.181 e. The second-order valence-corrected chi connectivity index (χ2v) is 9.75. The fourth-order valence-electron chi connectivity index (χ4n) is 5.80. The minimum Gasteiger partial charge on any atom is -0.397 e. The van der Waals surface area contributed by atoms with Crippen LogP contribution >= 0.6 is 0 Å². The van der Waals surface area contributed by atoms with Crippen LogP contribution in [0.1, 0.15) is 71.1 Å². The number of nitrogen functional groups attached to an aromatic ring is 1. The van der Waals surface area contributed by atoms with Gasteiger partial charge in [-0.2, -0.15) is 0 Å². The summed E-state index contributed by atoms with van der Waals surface area (Å²) in [5, 5.41) is 14.1. The fraction of sp³-hybridized carbons (Fsp3) is 0.714. The van der Waals surface area contributed by atoms with Gasteiger partial charge in [0.25, 0.3) is 0 Å². The number of anilines is 2. The van der Waals surface area contributed by atoms with E-state index in [1.165, 1.54) is 38.5 Å². The van der Waals surface area contributed by atoms with E-state index in [4.69, 9.17) is 10.5 Å². The summed E-state index contributed by atoms with van der Waals surface area (Å²) in [6, 6.07) is 5.79. The van der Waals surface area contributed by atoms with Crippen molar-refractivity contribution in [2.45, 2.75) is 76.7 Å². The second kappa shape index (κ2) is 5.88. The Bertz CT molecular complexity index is 615.